The number of methoxy groups -OCH3 is 1. The first-order valence-corrected chi connectivity index (χ1v) is 9.64. The number of benzene rings is 1. The summed E-state index contributed by atoms with van der Waals surface area (Å²) >= 11 is 0. The minimum absolute atomic E-state index is 0.0318. The molecule has 0 bridgehead atoms. The van der Waals surface area contributed by atoms with Crippen molar-refractivity contribution in [1.82, 2.24) is 10.6 Å². The molecule has 2 rings (SSSR count). The van der Waals surface area contributed by atoms with Gasteiger partial charge in [0, 0.05) is 17.6 Å². The van der Waals surface area contributed by atoms with Crippen LogP contribution in [0, 0.1) is 11.7 Å². The van der Waals surface area contributed by atoms with Crippen LogP contribution in [-0.2, 0) is 14.3 Å². The number of amides is 2. The first kappa shape index (κ1) is 23.5. The molecule has 0 heterocycles. The third-order valence-electron chi connectivity index (χ3n) is 4.75. The van der Waals surface area contributed by atoms with Gasteiger partial charge in [-0.05, 0) is 30.5 Å². The fourth-order valence-electron chi connectivity index (χ4n) is 3.21. The summed E-state index contributed by atoms with van der Waals surface area (Å²) in [6.45, 7) is 3.78. The molecule has 9 heteroatoms. The van der Waals surface area contributed by atoms with E-state index in [0.29, 0.717) is 6.42 Å². The second kappa shape index (κ2) is 10.3. The zero-order valence-corrected chi connectivity index (χ0v) is 17.1. The highest BCUT2D eigenvalue weighted by Crippen LogP contribution is 2.21. The monoisotopic (exact) mass is 422 g/mol. The Morgan fingerprint density at radius 1 is 1.23 bits per heavy atom. The first-order chi connectivity index (χ1) is 14.1. The highest BCUT2D eigenvalue weighted by atomic mass is 19.1. The Balaban J connectivity index is 2.17. The van der Waals surface area contributed by atoms with Gasteiger partial charge in [0.15, 0.2) is 0 Å². The van der Waals surface area contributed by atoms with E-state index >= 15 is 0 Å². The molecule has 30 heavy (non-hydrogen) atoms. The molecule has 8 nitrogen and oxygen atoms in total. The van der Waals surface area contributed by atoms with Crippen molar-refractivity contribution in [3.8, 4) is 0 Å². The quantitative estimate of drug-likeness (QED) is 0.479. The molecule has 1 aliphatic rings. The van der Waals surface area contributed by atoms with Crippen LogP contribution >= 0.6 is 0 Å². The second-order valence-electron chi connectivity index (χ2n) is 7.64. The van der Waals surface area contributed by atoms with Gasteiger partial charge in [0.25, 0.3) is 5.91 Å². The molecule has 0 saturated heterocycles. The van der Waals surface area contributed by atoms with E-state index in [1.54, 1.807) is 0 Å². The second-order valence-corrected chi connectivity index (χ2v) is 7.64. The Kier molecular flexibility index (Phi) is 8.08. The van der Waals surface area contributed by atoms with Crippen LogP contribution < -0.4 is 10.6 Å². The molecule has 1 aliphatic carbocycles. The smallest absolute Gasteiger partial charge is 0.328 e. The van der Waals surface area contributed by atoms with Crippen molar-refractivity contribution in [2.24, 2.45) is 5.92 Å². The van der Waals surface area contributed by atoms with Gasteiger partial charge < -0.3 is 25.6 Å². The Hall–Kier alpha value is -2.78. The SMILES string of the molecule is COC(=O)[C@@H](CC(C)C)NC(=O)C1=C[C@@H](NC(=O)c2cccc(F)c2)[C@@H](O)[C@H](O)C1. The molecular weight excluding hydrogens is 395 g/mol. The standard InChI is InChI=1S/C21H27FN2O6/c1-11(2)7-16(21(29)30-3)24-20(28)13-9-15(18(26)17(25)10-13)23-19(27)12-5-4-6-14(22)8-12/h4-6,8-9,11,15-18,25-26H,7,10H2,1-3H3,(H,23,27)(H,24,28)/t15-,16-,17-,18-/m1/s1. The van der Waals surface area contributed by atoms with E-state index in [4.69, 9.17) is 4.74 Å². The third kappa shape index (κ3) is 6.11. The average molecular weight is 422 g/mol. The van der Waals surface area contributed by atoms with E-state index < -0.39 is 47.9 Å². The molecule has 0 spiro atoms. The summed E-state index contributed by atoms with van der Waals surface area (Å²) in [4.78, 5) is 37.0. The maximum absolute atomic E-state index is 13.3. The van der Waals surface area contributed by atoms with Crippen LogP contribution in [0.3, 0.4) is 0 Å². The van der Waals surface area contributed by atoms with Crippen LogP contribution in [0.2, 0.25) is 0 Å². The van der Waals surface area contributed by atoms with Crippen LogP contribution in [0.4, 0.5) is 4.39 Å². The van der Waals surface area contributed by atoms with Crippen molar-refractivity contribution in [3.05, 3.63) is 47.3 Å². The zero-order valence-electron chi connectivity index (χ0n) is 17.1. The number of aliphatic hydroxyl groups is 2. The van der Waals surface area contributed by atoms with Gasteiger partial charge in [-0.15, -0.1) is 0 Å². The van der Waals surface area contributed by atoms with Gasteiger partial charge in [-0.3, -0.25) is 9.59 Å². The fraction of sp³-hybridized carbons (Fsp3) is 0.476. The van der Waals surface area contributed by atoms with E-state index in [2.05, 4.69) is 10.6 Å². The lowest BCUT2D eigenvalue weighted by molar-refractivity contribution is -0.145. The van der Waals surface area contributed by atoms with Crippen LogP contribution in [0.25, 0.3) is 0 Å². The summed E-state index contributed by atoms with van der Waals surface area (Å²) in [6.07, 6.45) is -1.14. The van der Waals surface area contributed by atoms with Crippen molar-refractivity contribution in [3.63, 3.8) is 0 Å². The third-order valence-corrected chi connectivity index (χ3v) is 4.75. The van der Waals surface area contributed by atoms with Gasteiger partial charge in [0.2, 0.25) is 5.91 Å². The minimum atomic E-state index is -1.36. The van der Waals surface area contributed by atoms with Crippen molar-refractivity contribution < 1.29 is 33.7 Å². The van der Waals surface area contributed by atoms with E-state index in [1.165, 1.54) is 31.4 Å². The molecule has 4 atom stereocenters. The van der Waals surface area contributed by atoms with Crippen molar-refractivity contribution >= 4 is 17.8 Å². The molecule has 0 aromatic heterocycles. The molecule has 164 valence electrons. The summed E-state index contributed by atoms with van der Waals surface area (Å²) in [5, 5.41) is 25.4. The van der Waals surface area contributed by atoms with Gasteiger partial charge in [-0.1, -0.05) is 26.0 Å². The first-order valence-electron chi connectivity index (χ1n) is 9.64. The number of esters is 1. The van der Waals surface area contributed by atoms with E-state index in [-0.39, 0.29) is 23.5 Å². The molecular formula is C21H27FN2O6. The Morgan fingerprint density at radius 2 is 1.93 bits per heavy atom. The van der Waals surface area contributed by atoms with Crippen molar-refractivity contribution in [1.29, 1.82) is 0 Å². The summed E-state index contributed by atoms with van der Waals surface area (Å²) < 4.78 is 18.1. The molecule has 1 aromatic carbocycles. The van der Waals surface area contributed by atoms with Gasteiger partial charge in [0.1, 0.15) is 18.0 Å². The van der Waals surface area contributed by atoms with Crippen LogP contribution in [-0.4, -0.2) is 59.4 Å². The predicted octanol–water partition coefficient (Wildman–Crippen LogP) is 0.680. The summed E-state index contributed by atoms with van der Waals surface area (Å²) in [5.74, 6) is -2.36. The lowest BCUT2D eigenvalue weighted by Gasteiger charge is -2.31. The largest absolute Gasteiger partial charge is 0.467 e. The lowest BCUT2D eigenvalue weighted by Crippen LogP contribution is -2.52. The van der Waals surface area contributed by atoms with Crippen LogP contribution in [0.15, 0.2) is 35.9 Å². The van der Waals surface area contributed by atoms with E-state index in [9.17, 15) is 29.0 Å². The van der Waals surface area contributed by atoms with Crippen LogP contribution in [0.5, 0.6) is 0 Å². The molecule has 0 saturated carbocycles. The van der Waals surface area contributed by atoms with Gasteiger partial charge in [-0.25, -0.2) is 9.18 Å². The average Bonchev–Trinajstić information content (AvgIpc) is 2.69. The maximum atomic E-state index is 13.3. The molecule has 0 radical (unpaired) electrons. The molecule has 2 amide bonds. The Labute approximate surface area is 174 Å². The lowest BCUT2D eigenvalue weighted by atomic mass is 9.89. The van der Waals surface area contributed by atoms with Gasteiger partial charge in [0.05, 0.1) is 19.3 Å². The number of carbonyl (C=O) groups excluding carboxylic acids is 3. The molecule has 0 unspecified atom stereocenters. The predicted molar refractivity (Wildman–Crippen MR) is 106 cm³/mol. The maximum Gasteiger partial charge on any atom is 0.328 e. The van der Waals surface area contributed by atoms with Crippen LogP contribution in [0.1, 0.15) is 37.0 Å². The number of halogens is 1. The molecule has 0 aliphatic heterocycles. The number of carbonyl (C=O) groups is 3. The van der Waals surface area contributed by atoms with Crippen molar-refractivity contribution in [2.45, 2.75) is 51.0 Å². The van der Waals surface area contributed by atoms with Gasteiger partial charge in [-0.2, -0.15) is 0 Å². The van der Waals surface area contributed by atoms with Crippen molar-refractivity contribution in [2.75, 3.05) is 7.11 Å². The fourth-order valence-corrected chi connectivity index (χ4v) is 3.21. The highest BCUT2D eigenvalue weighted by molar-refractivity contribution is 5.97. The van der Waals surface area contributed by atoms with E-state index in [1.807, 2.05) is 13.8 Å². The number of nitrogens with one attached hydrogen (secondary N) is 2. The summed E-state index contributed by atoms with van der Waals surface area (Å²) in [6, 6.07) is 3.04. The topological polar surface area (TPSA) is 125 Å². The highest BCUT2D eigenvalue weighted by Gasteiger charge is 2.35. The zero-order chi connectivity index (χ0) is 22.4. The summed E-state index contributed by atoms with van der Waals surface area (Å²) in [7, 11) is 1.22. The number of hydrogen-bond donors (Lipinski definition) is 4. The molecule has 4 N–H and O–H groups in total. The van der Waals surface area contributed by atoms with E-state index in [0.717, 1.165) is 6.07 Å². The molecule has 0 fully saturated rings. The number of aliphatic hydroxyl groups excluding tert-OH is 2. The molecule has 1 aromatic rings. The minimum Gasteiger partial charge on any atom is -0.467 e. The summed E-state index contributed by atoms with van der Waals surface area (Å²) in [5.41, 5.74) is 0.138. The normalized spacial score (nSPS) is 22.1. The number of rotatable bonds is 7. The Morgan fingerprint density at radius 3 is 2.53 bits per heavy atom. The van der Waals surface area contributed by atoms with Gasteiger partial charge >= 0.3 is 5.97 Å². The number of ether oxygens (including phenoxy) is 1. The number of hydrogen-bond acceptors (Lipinski definition) is 6. The Bertz CT molecular complexity index is 825.